The molecule has 5 unspecified atom stereocenters. The van der Waals surface area contributed by atoms with E-state index in [1.54, 1.807) is 7.11 Å². The Hall–Kier alpha value is -2.14. The molecule has 1 aromatic carbocycles. The van der Waals surface area contributed by atoms with Gasteiger partial charge in [0, 0.05) is 12.8 Å². The summed E-state index contributed by atoms with van der Waals surface area (Å²) in [5.41, 5.74) is 1.64. The number of methoxy groups -OCH3 is 1. The standard InChI is InChI=1S/C18H21NO4/c1-10(23-2)11-4-3-5-14(9-11)19-17(20)15-12-6-7-13(8-12)16(15)18(21)22/h3-7,9-10,12-13,15-16H,8H2,1-2H3,(H,19,20)(H,21,22). The van der Waals surface area contributed by atoms with Crippen LogP contribution in [0.15, 0.2) is 36.4 Å². The number of fused-ring (bicyclic) bond motifs is 2. The molecule has 1 amide bonds. The first-order chi connectivity index (χ1) is 11.0. The zero-order valence-electron chi connectivity index (χ0n) is 13.2. The molecule has 2 N–H and O–H groups in total. The van der Waals surface area contributed by atoms with Crippen molar-refractivity contribution in [1.82, 2.24) is 0 Å². The van der Waals surface area contributed by atoms with Gasteiger partial charge in [-0.3, -0.25) is 9.59 Å². The number of hydrogen-bond acceptors (Lipinski definition) is 3. The van der Waals surface area contributed by atoms with E-state index in [-0.39, 0.29) is 23.8 Å². The number of rotatable bonds is 5. The largest absolute Gasteiger partial charge is 0.481 e. The molecular formula is C18H21NO4. The maximum Gasteiger partial charge on any atom is 0.307 e. The van der Waals surface area contributed by atoms with Crippen molar-refractivity contribution in [3.8, 4) is 0 Å². The molecule has 5 nitrogen and oxygen atoms in total. The summed E-state index contributed by atoms with van der Waals surface area (Å²) in [6, 6.07) is 7.47. The number of nitrogens with one attached hydrogen (secondary N) is 1. The van der Waals surface area contributed by atoms with Gasteiger partial charge in [-0.05, 0) is 42.9 Å². The lowest BCUT2D eigenvalue weighted by Gasteiger charge is -2.24. The topological polar surface area (TPSA) is 75.6 Å². The Morgan fingerprint density at radius 1 is 1.26 bits per heavy atom. The molecular weight excluding hydrogens is 294 g/mol. The predicted molar refractivity (Wildman–Crippen MR) is 85.8 cm³/mol. The monoisotopic (exact) mass is 315 g/mol. The first kappa shape index (κ1) is 15.7. The fourth-order valence-corrected chi connectivity index (χ4v) is 3.75. The van der Waals surface area contributed by atoms with E-state index in [9.17, 15) is 14.7 Å². The maximum absolute atomic E-state index is 12.6. The van der Waals surface area contributed by atoms with Crippen LogP contribution in [0.25, 0.3) is 0 Å². The highest BCUT2D eigenvalue weighted by atomic mass is 16.5. The summed E-state index contributed by atoms with van der Waals surface area (Å²) in [6.07, 6.45) is 4.62. The highest BCUT2D eigenvalue weighted by Gasteiger charge is 2.51. The predicted octanol–water partition coefficient (Wildman–Crippen LogP) is 2.86. The van der Waals surface area contributed by atoms with Gasteiger partial charge in [0.2, 0.25) is 5.91 Å². The molecule has 5 heteroatoms. The molecule has 0 aliphatic heterocycles. The minimum absolute atomic E-state index is 0.0203. The number of ether oxygens (including phenoxy) is 1. The van der Waals surface area contributed by atoms with Gasteiger partial charge in [-0.15, -0.1) is 0 Å². The van der Waals surface area contributed by atoms with Gasteiger partial charge >= 0.3 is 5.97 Å². The minimum Gasteiger partial charge on any atom is -0.481 e. The summed E-state index contributed by atoms with van der Waals surface area (Å²) in [5, 5.41) is 12.3. The van der Waals surface area contributed by atoms with Crippen molar-refractivity contribution in [3.05, 3.63) is 42.0 Å². The highest BCUT2D eigenvalue weighted by Crippen LogP contribution is 2.48. The van der Waals surface area contributed by atoms with Crippen LogP contribution in [0.3, 0.4) is 0 Å². The second kappa shape index (κ2) is 6.16. The molecule has 1 saturated carbocycles. The molecule has 1 aromatic rings. The van der Waals surface area contributed by atoms with Crippen LogP contribution in [0.2, 0.25) is 0 Å². The van der Waals surface area contributed by atoms with E-state index in [0.29, 0.717) is 5.69 Å². The summed E-state index contributed by atoms with van der Waals surface area (Å²) in [6.45, 7) is 1.93. The van der Waals surface area contributed by atoms with Crippen LogP contribution in [0.1, 0.15) is 25.0 Å². The molecule has 122 valence electrons. The van der Waals surface area contributed by atoms with E-state index in [2.05, 4.69) is 5.32 Å². The van der Waals surface area contributed by atoms with E-state index in [1.807, 2.05) is 43.3 Å². The van der Waals surface area contributed by atoms with Crippen molar-refractivity contribution in [1.29, 1.82) is 0 Å². The van der Waals surface area contributed by atoms with Crippen molar-refractivity contribution in [3.63, 3.8) is 0 Å². The van der Waals surface area contributed by atoms with E-state index in [4.69, 9.17) is 4.74 Å². The van der Waals surface area contributed by atoms with Gasteiger partial charge in [0.15, 0.2) is 0 Å². The van der Waals surface area contributed by atoms with Gasteiger partial charge in [-0.25, -0.2) is 0 Å². The summed E-state index contributed by atoms with van der Waals surface area (Å²) >= 11 is 0. The van der Waals surface area contributed by atoms with Crippen molar-refractivity contribution in [2.75, 3.05) is 12.4 Å². The molecule has 1 fully saturated rings. The number of carbonyl (C=O) groups excluding carboxylic acids is 1. The lowest BCUT2D eigenvalue weighted by Crippen LogP contribution is -2.36. The molecule has 2 aliphatic carbocycles. The first-order valence-electron chi connectivity index (χ1n) is 7.86. The Morgan fingerprint density at radius 2 is 1.96 bits per heavy atom. The first-order valence-corrected chi connectivity index (χ1v) is 7.86. The van der Waals surface area contributed by atoms with E-state index < -0.39 is 17.8 Å². The van der Waals surface area contributed by atoms with Gasteiger partial charge < -0.3 is 15.2 Å². The Kier molecular flexibility index (Phi) is 4.22. The third-order valence-corrected chi connectivity index (χ3v) is 5.02. The molecule has 3 rings (SSSR count). The molecule has 0 spiro atoms. The van der Waals surface area contributed by atoms with Crippen LogP contribution in [0.5, 0.6) is 0 Å². The zero-order chi connectivity index (χ0) is 16.6. The SMILES string of the molecule is COC(C)c1cccc(NC(=O)C2C3C=CC(C3)C2C(=O)O)c1. The normalized spacial score (nSPS) is 29.5. The van der Waals surface area contributed by atoms with Gasteiger partial charge in [0.1, 0.15) is 0 Å². The number of carboxylic acids is 1. The summed E-state index contributed by atoms with van der Waals surface area (Å²) in [5.74, 6) is -2.20. The highest BCUT2D eigenvalue weighted by molar-refractivity contribution is 5.96. The third kappa shape index (κ3) is 2.88. The number of amides is 1. The van der Waals surface area contributed by atoms with Crippen LogP contribution in [-0.2, 0) is 14.3 Å². The summed E-state index contributed by atoms with van der Waals surface area (Å²) < 4.78 is 5.29. The smallest absolute Gasteiger partial charge is 0.307 e. The van der Waals surface area contributed by atoms with Crippen molar-refractivity contribution >= 4 is 17.6 Å². The molecule has 5 atom stereocenters. The van der Waals surface area contributed by atoms with Gasteiger partial charge in [-0.2, -0.15) is 0 Å². The molecule has 0 saturated heterocycles. The van der Waals surface area contributed by atoms with Crippen LogP contribution < -0.4 is 5.32 Å². The Balaban J connectivity index is 1.77. The molecule has 2 aliphatic rings. The second-order valence-corrected chi connectivity index (χ2v) is 6.33. The number of hydrogen-bond donors (Lipinski definition) is 2. The average Bonchev–Trinajstić information content (AvgIpc) is 3.15. The third-order valence-electron chi connectivity index (χ3n) is 5.02. The number of carbonyl (C=O) groups is 2. The van der Waals surface area contributed by atoms with Crippen molar-refractivity contribution in [2.24, 2.45) is 23.7 Å². The van der Waals surface area contributed by atoms with Gasteiger partial charge in [0.05, 0.1) is 17.9 Å². The van der Waals surface area contributed by atoms with Crippen LogP contribution in [-0.4, -0.2) is 24.1 Å². The van der Waals surface area contributed by atoms with Crippen LogP contribution >= 0.6 is 0 Å². The lowest BCUT2D eigenvalue weighted by molar-refractivity contribution is -0.146. The van der Waals surface area contributed by atoms with Crippen LogP contribution in [0.4, 0.5) is 5.69 Å². The van der Waals surface area contributed by atoms with Gasteiger partial charge in [-0.1, -0.05) is 24.3 Å². The van der Waals surface area contributed by atoms with Gasteiger partial charge in [0.25, 0.3) is 0 Å². The zero-order valence-corrected chi connectivity index (χ0v) is 13.2. The number of allylic oxidation sites excluding steroid dienone is 2. The van der Waals surface area contributed by atoms with Crippen molar-refractivity contribution < 1.29 is 19.4 Å². The second-order valence-electron chi connectivity index (χ2n) is 6.33. The summed E-state index contributed by atoms with van der Waals surface area (Å²) in [4.78, 5) is 24.1. The number of benzene rings is 1. The Morgan fingerprint density at radius 3 is 2.61 bits per heavy atom. The molecule has 0 aromatic heterocycles. The maximum atomic E-state index is 12.6. The fraction of sp³-hybridized carbons (Fsp3) is 0.444. The van der Waals surface area contributed by atoms with E-state index in [0.717, 1.165) is 12.0 Å². The quantitative estimate of drug-likeness (QED) is 0.819. The minimum atomic E-state index is -0.885. The number of aliphatic carboxylic acids is 1. The van der Waals surface area contributed by atoms with Crippen LogP contribution in [0, 0.1) is 23.7 Å². The Labute approximate surface area is 135 Å². The fourth-order valence-electron chi connectivity index (χ4n) is 3.75. The number of anilines is 1. The summed E-state index contributed by atoms with van der Waals surface area (Å²) in [7, 11) is 1.63. The van der Waals surface area contributed by atoms with E-state index >= 15 is 0 Å². The molecule has 23 heavy (non-hydrogen) atoms. The molecule has 0 radical (unpaired) electrons. The molecule has 2 bridgehead atoms. The lowest BCUT2D eigenvalue weighted by atomic mass is 9.82. The Bertz CT molecular complexity index is 654. The molecule has 0 heterocycles. The number of carboxylic acid groups (broad SMARTS) is 1. The van der Waals surface area contributed by atoms with Crippen molar-refractivity contribution in [2.45, 2.75) is 19.4 Å². The van der Waals surface area contributed by atoms with E-state index in [1.165, 1.54) is 0 Å². The average molecular weight is 315 g/mol.